The summed E-state index contributed by atoms with van der Waals surface area (Å²) in [5, 5.41) is 14.3. The first-order valence-electron chi connectivity index (χ1n) is 8.51. The highest BCUT2D eigenvalue weighted by Crippen LogP contribution is 2.27. The van der Waals surface area contributed by atoms with Gasteiger partial charge in [-0.3, -0.25) is 9.69 Å². The zero-order valence-corrected chi connectivity index (χ0v) is 15.2. The molecule has 1 aliphatic heterocycles. The van der Waals surface area contributed by atoms with E-state index in [0.29, 0.717) is 29.8 Å². The van der Waals surface area contributed by atoms with Crippen LogP contribution in [0.5, 0.6) is 0 Å². The van der Waals surface area contributed by atoms with Gasteiger partial charge in [-0.25, -0.2) is 0 Å². The Labute approximate surface area is 148 Å². The van der Waals surface area contributed by atoms with Crippen LogP contribution in [-0.4, -0.2) is 55.3 Å². The summed E-state index contributed by atoms with van der Waals surface area (Å²) in [6.45, 7) is 4.90. The fourth-order valence-electron chi connectivity index (χ4n) is 3.23. The van der Waals surface area contributed by atoms with Gasteiger partial charge in [0.1, 0.15) is 0 Å². The normalized spacial score (nSPS) is 20.8. The van der Waals surface area contributed by atoms with Gasteiger partial charge >= 0.3 is 0 Å². The Morgan fingerprint density at radius 2 is 2.33 bits per heavy atom. The van der Waals surface area contributed by atoms with E-state index in [1.54, 1.807) is 38.3 Å². The quantitative estimate of drug-likeness (QED) is 0.751. The molecular formula is C18H27ClN2O3. The van der Waals surface area contributed by atoms with Crippen LogP contribution in [-0.2, 0) is 15.1 Å². The van der Waals surface area contributed by atoms with E-state index in [2.05, 4.69) is 10.2 Å². The third kappa shape index (κ3) is 4.48. The number of benzene rings is 1. The number of likely N-dealkylation sites (tertiary alicyclic amines) is 1. The highest BCUT2D eigenvalue weighted by atomic mass is 35.5. The van der Waals surface area contributed by atoms with Gasteiger partial charge in [0.2, 0.25) is 0 Å². The molecular weight excluding hydrogens is 328 g/mol. The molecule has 5 nitrogen and oxygen atoms in total. The van der Waals surface area contributed by atoms with Crippen molar-refractivity contribution in [1.29, 1.82) is 0 Å². The monoisotopic (exact) mass is 354 g/mol. The Morgan fingerprint density at radius 3 is 3.00 bits per heavy atom. The van der Waals surface area contributed by atoms with Crippen molar-refractivity contribution < 1.29 is 14.6 Å². The number of carbonyl (C=O) groups excluding carboxylic acids is 1. The van der Waals surface area contributed by atoms with Crippen LogP contribution in [0.3, 0.4) is 0 Å². The Kier molecular flexibility index (Phi) is 7.04. The molecule has 1 saturated heterocycles. The van der Waals surface area contributed by atoms with Crippen LogP contribution in [0.15, 0.2) is 24.3 Å². The van der Waals surface area contributed by atoms with Crippen molar-refractivity contribution >= 4 is 17.5 Å². The molecule has 2 atom stereocenters. The van der Waals surface area contributed by atoms with Crippen LogP contribution in [0.2, 0.25) is 5.02 Å². The minimum atomic E-state index is -1.55. The van der Waals surface area contributed by atoms with Gasteiger partial charge in [-0.2, -0.15) is 0 Å². The molecule has 1 aromatic carbocycles. The molecule has 6 heteroatoms. The fraction of sp³-hybridized carbons (Fsp3) is 0.611. The molecule has 1 aliphatic rings. The Hall–Kier alpha value is -1.14. The van der Waals surface area contributed by atoms with Gasteiger partial charge in [0.15, 0.2) is 5.60 Å². The number of halogens is 1. The summed E-state index contributed by atoms with van der Waals surface area (Å²) >= 11 is 6.00. The van der Waals surface area contributed by atoms with E-state index in [9.17, 15) is 9.90 Å². The summed E-state index contributed by atoms with van der Waals surface area (Å²) in [6.07, 6.45) is 2.46. The maximum absolute atomic E-state index is 12.6. The highest BCUT2D eigenvalue weighted by Gasteiger charge is 2.37. The molecule has 1 aromatic rings. The van der Waals surface area contributed by atoms with E-state index in [0.717, 1.165) is 25.9 Å². The smallest absolute Gasteiger partial charge is 0.256 e. The van der Waals surface area contributed by atoms with Crippen molar-refractivity contribution in [3.8, 4) is 0 Å². The first kappa shape index (κ1) is 19.2. The molecule has 0 aliphatic carbocycles. The average molecular weight is 355 g/mol. The van der Waals surface area contributed by atoms with Crippen LogP contribution in [0.1, 0.15) is 31.7 Å². The van der Waals surface area contributed by atoms with Gasteiger partial charge in [-0.15, -0.1) is 0 Å². The second kappa shape index (κ2) is 8.81. The first-order valence-corrected chi connectivity index (χ1v) is 8.88. The minimum absolute atomic E-state index is 0.289. The molecule has 0 bridgehead atoms. The Morgan fingerprint density at radius 1 is 1.54 bits per heavy atom. The van der Waals surface area contributed by atoms with E-state index in [1.807, 2.05) is 0 Å². The summed E-state index contributed by atoms with van der Waals surface area (Å²) < 4.78 is 5.14. The molecule has 2 N–H and O–H groups in total. The number of rotatable bonds is 8. The number of ether oxygens (including phenoxy) is 1. The molecule has 24 heavy (non-hydrogen) atoms. The number of hydrogen-bond acceptors (Lipinski definition) is 4. The summed E-state index contributed by atoms with van der Waals surface area (Å²) in [4.78, 5) is 15.0. The standard InChI is InChI=1S/C18H27ClN2O3/c1-3-18(23,14-6-4-7-15(19)12-14)17(22)20-13-16-8-5-9-21(16)10-11-24-2/h4,6-7,12,16,23H,3,5,8-11,13H2,1-2H3,(H,20,22)/t16-,18+/m1/s1. The molecule has 2 rings (SSSR count). The lowest BCUT2D eigenvalue weighted by molar-refractivity contribution is -0.141. The van der Waals surface area contributed by atoms with Crippen LogP contribution in [0.4, 0.5) is 0 Å². The number of hydrogen-bond donors (Lipinski definition) is 2. The maximum atomic E-state index is 12.6. The topological polar surface area (TPSA) is 61.8 Å². The SMILES string of the molecule is CC[C@@](O)(C(=O)NC[C@H]1CCCN1CCOC)c1cccc(Cl)c1. The van der Waals surface area contributed by atoms with Gasteiger partial charge in [-0.1, -0.05) is 30.7 Å². The molecule has 0 radical (unpaired) electrons. The van der Waals surface area contributed by atoms with Crippen molar-refractivity contribution in [2.24, 2.45) is 0 Å². The van der Waals surface area contributed by atoms with Gasteiger partial charge in [0, 0.05) is 31.3 Å². The summed E-state index contributed by atoms with van der Waals surface area (Å²) in [5.41, 5.74) is -1.03. The Bertz CT molecular complexity index is 555. The van der Waals surface area contributed by atoms with Gasteiger partial charge < -0.3 is 15.2 Å². The number of methoxy groups -OCH3 is 1. The Balaban J connectivity index is 1.99. The van der Waals surface area contributed by atoms with Gasteiger partial charge in [0.05, 0.1) is 6.61 Å². The average Bonchev–Trinajstić information content (AvgIpc) is 3.04. The van der Waals surface area contributed by atoms with Crippen molar-refractivity contribution in [1.82, 2.24) is 10.2 Å². The lowest BCUT2D eigenvalue weighted by Crippen LogP contribution is -2.48. The van der Waals surface area contributed by atoms with E-state index in [4.69, 9.17) is 16.3 Å². The first-order chi connectivity index (χ1) is 11.5. The predicted molar refractivity (Wildman–Crippen MR) is 95.1 cm³/mol. The van der Waals surface area contributed by atoms with Crippen LogP contribution in [0.25, 0.3) is 0 Å². The van der Waals surface area contributed by atoms with Crippen LogP contribution >= 0.6 is 11.6 Å². The summed E-state index contributed by atoms with van der Waals surface area (Å²) in [5.74, 6) is -0.370. The third-order valence-corrected chi connectivity index (χ3v) is 5.00. The zero-order valence-electron chi connectivity index (χ0n) is 14.4. The van der Waals surface area contributed by atoms with Gasteiger partial charge in [0.25, 0.3) is 5.91 Å². The second-order valence-corrected chi connectivity index (χ2v) is 6.70. The molecule has 0 aromatic heterocycles. The van der Waals surface area contributed by atoms with E-state index in [1.165, 1.54) is 0 Å². The summed E-state index contributed by atoms with van der Waals surface area (Å²) in [6, 6.07) is 7.14. The molecule has 0 saturated carbocycles. The van der Waals surface area contributed by atoms with E-state index >= 15 is 0 Å². The lowest BCUT2D eigenvalue weighted by atomic mass is 9.90. The fourth-order valence-corrected chi connectivity index (χ4v) is 3.42. The van der Waals surface area contributed by atoms with Crippen molar-refractivity contribution in [3.63, 3.8) is 0 Å². The minimum Gasteiger partial charge on any atom is -0.383 e. The highest BCUT2D eigenvalue weighted by molar-refractivity contribution is 6.30. The third-order valence-electron chi connectivity index (χ3n) is 4.77. The number of carbonyl (C=O) groups is 1. The van der Waals surface area contributed by atoms with Gasteiger partial charge in [-0.05, 0) is 43.5 Å². The van der Waals surface area contributed by atoms with E-state index in [-0.39, 0.29) is 12.3 Å². The number of aliphatic hydroxyl groups is 1. The summed E-state index contributed by atoms with van der Waals surface area (Å²) in [7, 11) is 1.69. The van der Waals surface area contributed by atoms with Crippen molar-refractivity contribution in [2.75, 3.05) is 33.4 Å². The zero-order chi connectivity index (χ0) is 17.6. The molecule has 0 unspecified atom stereocenters. The van der Waals surface area contributed by atoms with Crippen LogP contribution in [0, 0.1) is 0 Å². The molecule has 0 spiro atoms. The maximum Gasteiger partial charge on any atom is 0.256 e. The number of nitrogens with zero attached hydrogens (tertiary/aromatic N) is 1. The largest absolute Gasteiger partial charge is 0.383 e. The van der Waals surface area contributed by atoms with Crippen molar-refractivity contribution in [2.45, 2.75) is 37.8 Å². The van der Waals surface area contributed by atoms with E-state index < -0.39 is 5.60 Å². The van der Waals surface area contributed by atoms with Crippen LogP contribution < -0.4 is 5.32 Å². The second-order valence-electron chi connectivity index (χ2n) is 6.26. The predicted octanol–water partition coefficient (Wildman–Crippen LogP) is 2.16. The molecule has 1 amide bonds. The number of amides is 1. The van der Waals surface area contributed by atoms with Crippen molar-refractivity contribution in [3.05, 3.63) is 34.9 Å². The number of nitrogens with one attached hydrogen (secondary N) is 1. The molecule has 1 fully saturated rings. The lowest BCUT2D eigenvalue weighted by Gasteiger charge is -2.29. The molecule has 1 heterocycles. The molecule has 134 valence electrons.